The zero-order valence-corrected chi connectivity index (χ0v) is 14.9. The number of benzene rings is 1. The predicted octanol–water partition coefficient (Wildman–Crippen LogP) is 3.67. The molecule has 1 fully saturated rings. The van der Waals surface area contributed by atoms with E-state index >= 15 is 0 Å². The Bertz CT molecular complexity index is 848. The first-order valence-electron chi connectivity index (χ1n) is 8.89. The lowest BCUT2D eigenvalue weighted by atomic mass is 10.1. The Kier molecular flexibility index (Phi) is 4.71. The van der Waals surface area contributed by atoms with Crippen LogP contribution in [-0.2, 0) is 4.74 Å². The van der Waals surface area contributed by atoms with Crippen LogP contribution in [0.4, 0.5) is 0 Å². The van der Waals surface area contributed by atoms with E-state index in [0.717, 1.165) is 30.0 Å². The molecule has 0 radical (unpaired) electrons. The SMILES string of the molecule is CC(C)COc1ccc(-c2cc(-c3nc([C@H]4CCOC4)no3)[nH]n2)cc1. The van der Waals surface area contributed by atoms with Crippen molar-refractivity contribution in [3.63, 3.8) is 0 Å². The average molecular weight is 354 g/mol. The second kappa shape index (κ2) is 7.29. The normalized spacial score (nSPS) is 17.1. The second-order valence-corrected chi connectivity index (χ2v) is 6.91. The molecule has 0 saturated carbocycles. The van der Waals surface area contributed by atoms with Gasteiger partial charge in [0.15, 0.2) is 5.82 Å². The van der Waals surface area contributed by atoms with E-state index in [1.54, 1.807) is 0 Å². The molecule has 3 heterocycles. The second-order valence-electron chi connectivity index (χ2n) is 6.91. The highest BCUT2D eigenvalue weighted by molar-refractivity contribution is 5.65. The van der Waals surface area contributed by atoms with Crippen LogP contribution in [0.2, 0.25) is 0 Å². The molecule has 3 aromatic rings. The molecule has 136 valence electrons. The van der Waals surface area contributed by atoms with Gasteiger partial charge in [0.05, 0.1) is 18.9 Å². The molecule has 7 heteroatoms. The summed E-state index contributed by atoms with van der Waals surface area (Å²) in [5.74, 6) is 2.72. The molecule has 1 aliphatic rings. The highest BCUT2D eigenvalue weighted by atomic mass is 16.5. The number of hydrogen-bond donors (Lipinski definition) is 1. The summed E-state index contributed by atoms with van der Waals surface area (Å²) >= 11 is 0. The van der Waals surface area contributed by atoms with Crippen LogP contribution in [0.1, 0.15) is 32.0 Å². The molecule has 0 aliphatic carbocycles. The summed E-state index contributed by atoms with van der Waals surface area (Å²) in [6.07, 6.45) is 0.929. The fourth-order valence-electron chi connectivity index (χ4n) is 2.81. The predicted molar refractivity (Wildman–Crippen MR) is 95.8 cm³/mol. The summed E-state index contributed by atoms with van der Waals surface area (Å²) in [4.78, 5) is 4.48. The number of H-pyrrole nitrogens is 1. The van der Waals surface area contributed by atoms with Gasteiger partial charge in [-0.05, 0) is 42.7 Å². The van der Waals surface area contributed by atoms with Gasteiger partial charge in [-0.25, -0.2) is 0 Å². The molecule has 0 bridgehead atoms. The summed E-state index contributed by atoms with van der Waals surface area (Å²) < 4.78 is 16.5. The molecule has 1 aromatic carbocycles. The van der Waals surface area contributed by atoms with Crippen LogP contribution < -0.4 is 4.74 Å². The van der Waals surface area contributed by atoms with E-state index in [4.69, 9.17) is 14.0 Å². The first-order valence-corrected chi connectivity index (χ1v) is 8.89. The van der Waals surface area contributed by atoms with Crippen molar-refractivity contribution in [1.29, 1.82) is 0 Å². The highest BCUT2D eigenvalue weighted by Gasteiger charge is 2.24. The minimum absolute atomic E-state index is 0.216. The van der Waals surface area contributed by atoms with Crippen molar-refractivity contribution in [2.75, 3.05) is 19.8 Å². The van der Waals surface area contributed by atoms with Crippen molar-refractivity contribution in [2.45, 2.75) is 26.2 Å². The van der Waals surface area contributed by atoms with Gasteiger partial charge in [0.25, 0.3) is 5.89 Å². The van der Waals surface area contributed by atoms with Crippen LogP contribution in [-0.4, -0.2) is 40.2 Å². The zero-order valence-electron chi connectivity index (χ0n) is 14.9. The zero-order chi connectivity index (χ0) is 17.9. The minimum atomic E-state index is 0.216. The number of hydrogen-bond acceptors (Lipinski definition) is 6. The summed E-state index contributed by atoms with van der Waals surface area (Å²) in [6, 6.07) is 9.80. The Hall–Kier alpha value is -2.67. The molecule has 0 unspecified atom stereocenters. The van der Waals surface area contributed by atoms with Crippen molar-refractivity contribution >= 4 is 0 Å². The van der Waals surface area contributed by atoms with E-state index < -0.39 is 0 Å². The van der Waals surface area contributed by atoms with Gasteiger partial charge in [0.1, 0.15) is 11.4 Å². The quantitative estimate of drug-likeness (QED) is 0.727. The van der Waals surface area contributed by atoms with Crippen LogP contribution >= 0.6 is 0 Å². The Morgan fingerprint density at radius 3 is 2.85 bits per heavy atom. The molecular weight excluding hydrogens is 332 g/mol. The number of ether oxygens (including phenoxy) is 2. The minimum Gasteiger partial charge on any atom is -0.493 e. The third-order valence-electron chi connectivity index (χ3n) is 4.28. The topological polar surface area (TPSA) is 86.1 Å². The maximum atomic E-state index is 5.71. The molecule has 1 N–H and O–H groups in total. The van der Waals surface area contributed by atoms with Crippen molar-refractivity contribution in [2.24, 2.45) is 5.92 Å². The van der Waals surface area contributed by atoms with E-state index in [-0.39, 0.29) is 5.92 Å². The van der Waals surface area contributed by atoms with E-state index in [2.05, 4.69) is 34.2 Å². The van der Waals surface area contributed by atoms with E-state index in [1.165, 1.54) is 0 Å². The van der Waals surface area contributed by atoms with Gasteiger partial charge in [0.2, 0.25) is 0 Å². The van der Waals surface area contributed by atoms with Gasteiger partial charge in [-0.15, -0.1) is 0 Å². The van der Waals surface area contributed by atoms with E-state index in [9.17, 15) is 0 Å². The van der Waals surface area contributed by atoms with Crippen LogP contribution in [0, 0.1) is 5.92 Å². The largest absolute Gasteiger partial charge is 0.493 e. The molecule has 7 nitrogen and oxygen atoms in total. The maximum absolute atomic E-state index is 5.71. The lowest BCUT2D eigenvalue weighted by Gasteiger charge is -2.08. The fraction of sp³-hybridized carbons (Fsp3) is 0.421. The van der Waals surface area contributed by atoms with Gasteiger partial charge < -0.3 is 14.0 Å². The average Bonchev–Trinajstić information content (AvgIpc) is 3.40. The first kappa shape index (κ1) is 16.8. The molecule has 4 rings (SSSR count). The van der Waals surface area contributed by atoms with Gasteiger partial charge in [-0.2, -0.15) is 10.1 Å². The van der Waals surface area contributed by atoms with E-state index in [0.29, 0.717) is 36.5 Å². The number of rotatable bonds is 6. The van der Waals surface area contributed by atoms with Gasteiger partial charge in [-0.3, -0.25) is 5.10 Å². The number of aromatic amines is 1. The van der Waals surface area contributed by atoms with Crippen LogP contribution in [0.15, 0.2) is 34.9 Å². The van der Waals surface area contributed by atoms with Gasteiger partial charge in [-0.1, -0.05) is 19.0 Å². The van der Waals surface area contributed by atoms with Crippen molar-refractivity contribution in [3.8, 4) is 28.6 Å². The highest BCUT2D eigenvalue weighted by Crippen LogP contribution is 2.27. The molecule has 1 aliphatic heterocycles. The fourth-order valence-corrected chi connectivity index (χ4v) is 2.81. The number of nitrogens with zero attached hydrogens (tertiary/aromatic N) is 3. The smallest absolute Gasteiger partial charge is 0.275 e. The first-order chi connectivity index (χ1) is 12.7. The summed E-state index contributed by atoms with van der Waals surface area (Å²) in [5, 5.41) is 11.4. The summed E-state index contributed by atoms with van der Waals surface area (Å²) in [5.41, 5.74) is 2.52. The number of aromatic nitrogens is 4. The Morgan fingerprint density at radius 2 is 2.12 bits per heavy atom. The number of nitrogens with one attached hydrogen (secondary N) is 1. The van der Waals surface area contributed by atoms with Crippen LogP contribution in [0.3, 0.4) is 0 Å². The lowest BCUT2D eigenvalue weighted by molar-refractivity contribution is 0.192. The maximum Gasteiger partial charge on any atom is 0.275 e. The Balaban J connectivity index is 1.47. The molecule has 1 saturated heterocycles. The molecule has 0 spiro atoms. The molecule has 2 aromatic heterocycles. The molecule has 26 heavy (non-hydrogen) atoms. The monoisotopic (exact) mass is 354 g/mol. The van der Waals surface area contributed by atoms with Crippen LogP contribution in [0.5, 0.6) is 5.75 Å². The summed E-state index contributed by atoms with van der Waals surface area (Å²) in [6.45, 7) is 6.36. The molecule has 0 amide bonds. The molecular formula is C19H22N4O3. The Morgan fingerprint density at radius 1 is 1.27 bits per heavy atom. The van der Waals surface area contributed by atoms with Crippen molar-refractivity contribution in [1.82, 2.24) is 20.3 Å². The lowest BCUT2D eigenvalue weighted by Crippen LogP contribution is -2.04. The standard InChI is InChI=1S/C19H22N4O3/c1-12(2)10-25-15-5-3-13(4-6-15)16-9-17(22-21-16)19-20-18(23-26-19)14-7-8-24-11-14/h3-6,9,12,14H,7-8,10-11H2,1-2H3,(H,21,22)/t14-/m0/s1. The van der Waals surface area contributed by atoms with Crippen LogP contribution in [0.25, 0.3) is 22.8 Å². The third kappa shape index (κ3) is 3.62. The third-order valence-corrected chi connectivity index (χ3v) is 4.28. The summed E-state index contributed by atoms with van der Waals surface area (Å²) in [7, 11) is 0. The van der Waals surface area contributed by atoms with Crippen molar-refractivity contribution < 1.29 is 14.0 Å². The van der Waals surface area contributed by atoms with Gasteiger partial charge >= 0.3 is 0 Å². The van der Waals surface area contributed by atoms with Crippen molar-refractivity contribution in [3.05, 3.63) is 36.2 Å². The molecule has 1 atom stereocenters. The van der Waals surface area contributed by atoms with Gasteiger partial charge in [0, 0.05) is 18.1 Å². The van der Waals surface area contributed by atoms with E-state index in [1.807, 2.05) is 30.3 Å². The Labute approximate surface area is 151 Å².